The van der Waals surface area contributed by atoms with Gasteiger partial charge in [-0.15, -0.1) is 16.9 Å². The summed E-state index contributed by atoms with van der Waals surface area (Å²) in [5, 5.41) is 17.0. The third kappa shape index (κ3) is 5.90. The molecule has 262 valence electrons. The lowest BCUT2D eigenvalue weighted by molar-refractivity contribution is -0.137. The molecule has 1 saturated heterocycles. The number of hydrogen-bond donors (Lipinski definition) is 2. The average Bonchev–Trinajstić information content (AvgIpc) is 3.65. The molecule has 3 aromatic heterocycles. The molecule has 1 fully saturated rings. The first-order valence-corrected chi connectivity index (χ1v) is 17.0. The van der Waals surface area contributed by atoms with Crippen LogP contribution in [0, 0.1) is 6.92 Å². The molecular formula is C32H30ClF3N8O5S. The molecule has 3 aliphatic heterocycles. The number of benzene rings is 1. The fourth-order valence-corrected chi connectivity index (χ4v) is 8.73. The predicted octanol–water partition coefficient (Wildman–Crippen LogP) is 4.75. The molecule has 0 saturated carbocycles. The Hall–Kier alpha value is -4.48. The van der Waals surface area contributed by atoms with Crippen LogP contribution < -0.4 is 10.9 Å². The molecule has 18 heteroatoms. The van der Waals surface area contributed by atoms with Gasteiger partial charge >= 0.3 is 6.18 Å². The molecule has 0 bridgehead atoms. The molecule has 7 rings (SSSR count). The standard InChI is InChI=1S/C32H30ClF3N8O5S/c1-16-26(46)24(38-15-37-16)29(48)42-9-7-31(8-10-42)23-25(17(2)50-31)43(14-22(45)39-21-4-3-19(13-20(21)33)32(34,35)36)30-40-27(41-44(30)28(23)47)18-5-11-49-12-6-18/h3-5,13,15,17,46H,6-12,14H2,1-2H3,(H,39,45)/t17-/m0/s1. The van der Waals surface area contributed by atoms with Crippen molar-refractivity contribution < 1.29 is 32.6 Å². The van der Waals surface area contributed by atoms with Crippen molar-refractivity contribution in [2.45, 2.75) is 55.8 Å². The number of halogens is 4. The highest BCUT2D eigenvalue weighted by Crippen LogP contribution is 2.58. The van der Waals surface area contributed by atoms with Gasteiger partial charge in [0.25, 0.3) is 11.5 Å². The summed E-state index contributed by atoms with van der Waals surface area (Å²) < 4.78 is 47.2. The maximum atomic E-state index is 14.4. The average molecular weight is 731 g/mol. The Morgan fingerprint density at radius 1 is 1.22 bits per heavy atom. The minimum Gasteiger partial charge on any atom is -0.504 e. The van der Waals surface area contributed by atoms with E-state index in [0.29, 0.717) is 49.6 Å². The lowest BCUT2D eigenvalue weighted by Crippen LogP contribution is -2.45. The van der Waals surface area contributed by atoms with Gasteiger partial charge in [-0.2, -0.15) is 22.7 Å². The fraction of sp³-hybridized carbons (Fsp3) is 0.406. The summed E-state index contributed by atoms with van der Waals surface area (Å²) in [5.74, 6) is -0.876. The Bertz CT molecular complexity index is 2140. The number of rotatable bonds is 5. The van der Waals surface area contributed by atoms with Gasteiger partial charge in [-0.05, 0) is 56.9 Å². The van der Waals surface area contributed by atoms with Crippen molar-refractivity contribution in [3.63, 3.8) is 0 Å². The highest BCUT2D eigenvalue weighted by atomic mass is 35.5. The Balaban J connectivity index is 1.26. The first kappa shape index (κ1) is 34.0. The molecule has 1 aromatic carbocycles. The first-order chi connectivity index (χ1) is 23.8. The number of likely N-dealkylation sites (tertiary alicyclic amines) is 1. The van der Waals surface area contributed by atoms with Crippen LogP contribution in [0.4, 0.5) is 18.9 Å². The van der Waals surface area contributed by atoms with Gasteiger partial charge < -0.3 is 24.6 Å². The van der Waals surface area contributed by atoms with E-state index in [9.17, 15) is 32.7 Å². The number of fused-ring (bicyclic) bond motifs is 3. The number of piperidine rings is 1. The maximum absolute atomic E-state index is 14.4. The summed E-state index contributed by atoms with van der Waals surface area (Å²) in [7, 11) is 0. The van der Waals surface area contributed by atoms with Gasteiger partial charge in [-0.1, -0.05) is 17.7 Å². The zero-order valence-electron chi connectivity index (χ0n) is 26.8. The van der Waals surface area contributed by atoms with Crippen LogP contribution in [0.15, 0.2) is 35.4 Å². The van der Waals surface area contributed by atoms with Crippen LogP contribution in [0.5, 0.6) is 5.75 Å². The van der Waals surface area contributed by atoms with Gasteiger partial charge in [0.05, 0.1) is 45.5 Å². The van der Waals surface area contributed by atoms with Crippen molar-refractivity contribution in [3.8, 4) is 5.75 Å². The van der Waals surface area contributed by atoms with E-state index in [1.807, 2.05) is 13.0 Å². The number of amides is 2. The number of ether oxygens (including phenoxy) is 1. The Morgan fingerprint density at radius 3 is 2.66 bits per heavy atom. The molecule has 50 heavy (non-hydrogen) atoms. The number of alkyl halides is 3. The number of carbonyl (C=O) groups is 2. The van der Waals surface area contributed by atoms with Crippen LogP contribution in [0.1, 0.15) is 70.3 Å². The fourth-order valence-electron chi connectivity index (χ4n) is 6.74. The number of aromatic hydroxyl groups is 1. The van der Waals surface area contributed by atoms with Gasteiger partial charge in [0.1, 0.15) is 12.9 Å². The Kier molecular flexibility index (Phi) is 8.63. The van der Waals surface area contributed by atoms with E-state index in [1.54, 1.807) is 28.2 Å². The first-order valence-electron chi connectivity index (χ1n) is 15.7. The molecule has 0 unspecified atom stereocenters. The number of nitrogens with one attached hydrogen (secondary N) is 1. The summed E-state index contributed by atoms with van der Waals surface area (Å²) in [5.41, 5.74) is 0.660. The largest absolute Gasteiger partial charge is 0.504 e. The highest BCUT2D eigenvalue weighted by Gasteiger charge is 2.50. The second-order valence-electron chi connectivity index (χ2n) is 12.3. The van der Waals surface area contributed by atoms with Crippen LogP contribution in [0.2, 0.25) is 5.02 Å². The van der Waals surface area contributed by atoms with Crippen molar-refractivity contribution in [3.05, 3.63) is 80.0 Å². The van der Waals surface area contributed by atoms with E-state index in [-0.39, 0.29) is 64.1 Å². The number of nitrogens with zero attached hydrogens (tertiary/aromatic N) is 7. The quantitative estimate of drug-likeness (QED) is 0.294. The van der Waals surface area contributed by atoms with Gasteiger partial charge in [-0.3, -0.25) is 14.4 Å². The Morgan fingerprint density at radius 2 is 1.98 bits per heavy atom. The SMILES string of the molecule is Cc1ncnc(C(=O)N2CCC3(CC2)S[C@@H](C)c2c3c(=O)n3nc(C4=CCOCC4)nc3n2CC(=O)Nc2ccc(C(F)(F)F)cc2Cl)c1O. The second kappa shape index (κ2) is 12.7. The zero-order chi connectivity index (χ0) is 35.5. The van der Waals surface area contributed by atoms with Crippen molar-refractivity contribution in [2.24, 2.45) is 0 Å². The maximum Gasteiger partial charge on any atom is 0.416 e. The Labute approximate surface area is 291 Å². The number of anilines is 1. The van der Waals surface area contributed by atoms with E-state index in [2.05, 4.69) is 20.4 Å². The van der Waals surface area contributed by atoms with Crippen molar-refractivity contribution >= 4 is 52.2 Å². The molecule has 0 aliphatic carbocycles. The van der Waals surface area contributed by atoms with Gasteiger partial charge in [0.15, 0.2) is 17.3 Å². The topological polar surface area (TPSA) is 157 Å². The molecule has 2 N–H and O–H groups in total. The minimum atomic E-state index is -4.61. The second-order valence-corrected chi connectivity index (χ2v) is 14.4. The number of hydrogen-bond acceptors (Lipinski definition) is 10. The van der Waals surface area contributed by atoms with Gasteiger partial charge in [0, 0.05) is 24.0 Å². The van der Waals surface area contributed by atoms with Crippen LogP contribution in [-0.4, -0.2) is 77.3 Å². The van der Waals surface area contributed by atoms with Crippen LogP contribution in [0.25, 0.3) is 11.4 Å². The molecule has 1 spiro atoms. The van der Waals surface area contributed by atoms with Crippen molar-refractivity contribution in [1.82, 2.24) is 34.0 Å². The molecular weight excluding hydrogens is 701 g/mol. The molecule has 13 nitrogen and oxygen atoms in total. The zero-order valence-corrected chi connectivity index (χ0v) is 28.3. The van der Waals surface area contributed by atoms with Crippen LogP contribution in [-0.2, 0) is 27.0 Å². The number of aryl methyl sites for hydroxylation is 1. The molecule has 0 radical (unpaired) electrons. The number of aromatic nitrogens is 6. The monoisotopic (exact) mass is 730 g/mol. The van der Waals surface area contributed by atoms with E-state index in [1.165, 1.54) is 10.8 Å². The lowest BCUT2D eigenvalue weighted by atomic mass is 9.87. The summed E-state index contributed by atoms with van der Waals surface area (Å²) in [4.78, 5) is 55.5. The molecule has 4 aromatic rings. The summed E-state index contributed by atoms with van der Waals surface area (Å²) in [6.07, 6.45) is -0.240. The molecule has 3 aliphatic rings. The number of carbonyl (C=O) groups excluding carboxylic acids is 2. The minimum absolute atomic E-state index is 0.00579. The van der Waals surface area contributed by atoms with Crippen LogP contribution >= 0.6 is 23.4 Å². The van der Waals surface area contributed by atoms with Gasteiger partial charge in [-0.25, -0.2) is 9.97 Å². The summed E-state index contributed by atoms with van der Waals surface area (Å²) in [6.45, 7) is 4.50. The molecule has 6 heterocycles. The van der Waals surface area contributed by atoms with Gasteiger partial charge in [0.2, 0.25) is 11.7 Å². The van der Waals surface area contributed by atoms with E-state index >= 15 is 0 Å². The molecule has 1 atom stereocenters. The number of thioether (sulfide) groups is 1. The molecule has 2 amide bonds. The van der Waals surface area contributed by atoms with E-state index < -0.39 is 28.3 Å². The van der Waals surface area contributed by atoms with Crippen molar-refractivity contribution in [1.29, 1.82) is 0 Å². The third-order valence-corrected chi connectivity index (χ3v) is 11.2. The lowest BCUT2D eigenvalue weighted by Gasteiger charge is -2.39. The van der Waals surface area contributed by atoms with E-state index in [4.69, 9.17) is 21.3 Å². The predicted molar refractivity (Wildman–Crippen MR) is 177 cm³/mol. The summed E-state index contributed by atoms with van der Waals surface area (Å²) >= 11 is 7.69. The summed E-state index contributed by atoms with van der Waals surface area (Å²) in [6, 6.07) is 2.66. The van der Waals surface area contributed by atoms with E-state index in [0.717, 1.165) is 23.8 Å². The van der Waals surface area contributed by atoms with Crippen molar-refractivity contribution in [2.75, 3.05) is 31.6 Å². The normalized spacial score (nSPS) is 18.7. The van der Waals surface area contributed by atoms with Crippen LogP contribution in [0.3, 0.4) is 0 Å². The third-order valence-electron chi connectivity index (χ3n) is 9.22. The smallest absolute Gasteiger partial charge is 0.416 e. The highest BCUT2D eigenvalue weighted by molar-refractivity contribution is 8.00.